The number of fused-ring (bicyclic) bond motifs is 3. The molecule has 2 heterocycles. The molecule has 6 heteroatoms. The Labute approximate surface area is 132 Å². The zero-order chi connectivity index (χ0) is 16.1. The van der Waals surface area contributed by atoms with Crippen molar-refractivity contribution in [1.29, 1.82) is 0 Å². The van der Waals surface area contributed by atoms with Crippen LogP contribution in [0.5, 0.6) is 0 Å². The molecule has 0 unspecified atom stereocenters. The molecule has 0 saturated heterocycles. The van der Waals surface area contributed by atoms with Crippen molar-refractivity contribution in [2.75, 3.05) is 0 Å². The lowest BCUT2D eigenvalue weighted by atomic mass is 10.1. The summed E-state index contributed by atoms with van der Waals surface area (Å²) in [6, 6.07) is 8.25. The van der Waals surface area contributed by atoms with Gasteiger partial charge in [0.25, 0.3) is 0 Å². The number of aromatic nitrogens is 3. The van der Waals surface area contributed by atoms with Crippen molar-refractivity contribution >= 4 is 22.5 Å². The molecule has 0 radical (unpaired) electrons. The van der Waals surface area contributed by atoms with Gasteiger partial charge in [0.1, 0.15) is 6.54 Å². The Hall–Kier alpha value is -2.63. The third kappa shape index (κ3) is 2.40. The summed E-state index contributed by atoms with van der Waals surface area (Å²) in [5, 5.41) is 8.24. The lowest BCUT2D eigenvalue weighted by Crippen LogP contribution is -2.33. The van der Waals surface area contributed by atoms with Gasteiger partial charge in [0.2, 0.25) is 5.91 Å². The second kappa shape index (κ2) is 4.94. The van der Waals surface area contributed by atoms with E-state index in [2.05, 4.69) is 10.4 Å². The second-order valence-electron chi connectivity index (χ2n) is 6.33. The molecule has 3 aromatic rings. The van der Waals surface area contributed by atoms with Crippen molar-refractivity contribution in [1.82, 2.24) is 19.5 Å². The van der Waals surface area contributed by atoms with Crippen LogP contribution in [-0.2, 0) is 11.3 Å². The van der Waals surface area contributed by atoms with E-state index in [0.717, 1.165) is 34.9 Å². The largest absolute Gasteiger partial charge is 0.352 e. The van der Waals surface area contributed by atoms with Gasteiger partial charge in [0, 0.05) is 6.04 Å². The molecular formula is C17H18N4O2. The van der Waals surface area contributed by atoms with Crippen LogP contribution in [0, 0.1) is 13.8 Å². The van der Waals surface area contributed by atoms with E-state index in [9.17, 15) is 9.59 Å². The first-order valence-electron chi connectivity index (χ1n) is 7.82. The lowest BCUT2D eigenvalue weighted by Gasteiger charge is -2.04. The molecule has 0 atom stereocenters. The number of rotatable bonds is 3. The van der Waals surface area contributed by atoms with E-state index in [1.807, 2.05) is 38.1 Å². The summed E-state index contributed by atoms with van der Waals surface area (Å²) in [5.41, 5.74) is 3.20. The number of amides is 1. The zero-order valence-corrected chi connectivity index (χ0v) is 13.2. The molecule has 23 heavy (non-hydrogen) atoms. The van der Waals surface area contributed by atoms with E-state index in [0.29, 0.717) is 5.65 Å². The van der Waals surface area contributed by atoms with Gasteiger partial charge in [0.15, 0.2) is 5.65 Å². The number of benzene rings is 1. The summed E-state index contributed by atoms with van der Waals surface area (Å²) in [6.07, 6.45) is 2.05. The van der Waals surface area contributed by atoms with E-state index in [4.69, 9.17) is 0 Å². The molecule has 1 fully saturated rings. The predicted octanol–water partition coefficient (Wildman–Crippen LogP) is 1.54. The normalized spacial score (nSPS) is 14.5. The molecule has 1 amide bonds. The monoisotopic (exact) mass is 310 g/mol. The highest BCUT2D eigenvalue weighted by Crippen LogP contribution is 2.20. The van der Waals surface area contributed by atoms with Gasteiger partial charge < -0.3 is 5.32 Å². The van der Waals surface area contributed by atoms with E-state index in [-0.39, 0.29) is 24.2 Å². The zero-order valence-electron chi connectivity index (χ0n) is 13.2. The Balaban J connectivity index is 1.85. The van der Waals surface area contributed by atoms with Crippen LogP contribution in [0.15, 0.2) is 29.1 Å². The number of pyridine rings is 1. The van der Waals surface area contributed by atoms with Gasteiger partial charge in [-0.3, -0.25) is 4.79 Å². The standard InChI is InChI=1S/C17H18N4O2/c1-10-3-6-14-12(7-10)8-11(2)16-19-20(17(23)21(14)16)9-15(22)18-13-4-5-13/h3,6-8,13H,4-5,9H2,1-2H3,(H,18,22). The molecular weight excluding hydrogens is 292 g/mol. The predicted molar refractivity (Wildman–Crippen MR) is 87.6 cm³/mol. The van der Waals surface area contributed by atoms with Crippen molar-refractivity contribution in [2.45, 2.75) is 39.3 Å². The van der Waals surface area contributed by atoms with E-state index < -0.39 is 0 Å². The molecule has 0 bridgehead atoms. The molecule has 6 nitrogen and oxygen atoms in total. The quantitative estimate of drug-likeness (QED) is 0.798. The van der Waals surface area contributed by atoms with Crippen LogP contribution in [-0.4, -0.2) is 26.1 Å². The molecule has 0 aliphatic heterocycles. The third-order valence-electron chi connectivity index (χ3n) is 4.22. The fourth-order valence-electron chi connectivity index (χ4n) is 2.91. The van der Waals surface area contributed by atoms with Crippen LogP contribution in [0.3, 0.4) is 0 Å². The molecule has 2 aromatic heterocycles. The van der Waals surface area contributed by atoms with E-state index in [1.165, 1.54) is 4.68 Å². The number of nitrogens with zero attached hydrogens (tertiary/aromatic N) is 3. The first kappa shape index (κ1) is 14.0. The van der Waals surface area contributed by atoms with Gasteiger partial charge in [-0.1, -0.05) is 11.6 Å². The minimum absolute atomic E-state index is 0.0379. The number of hydrogen-bond acceptors (Lipinski definition) is 3. The summed E-state index contributed by atoms with van der Waals surface area (Å²) in [5.74, 6) is -0.157. The van der Waals surface area contributed by atoms with E-state index in [1.54, 1.807) is 4.40 Å². The van der Waals surface area contributed by atoms with Gasteiger partial charge >= 0.3 is 5.69 Å². The molecule has 1 aliphatic rings. The van der Waals surface area contributed by atoms with Gasteiger partial charge in [-0.2, -0.15) is 0 Å². The average Bonchev–Trinajstić information content (AvgIpc) is 3.24. The van der Waals surface area contributed by atoms with Crippen LogP contribution in [0.25, 0.3) is 16.6 Å². The topological polar surface area (TPSA) is 68.4 Å². The fraction of sp³-hybridized carbons (Fsp3) is 0.353. The van der Waals surface area contributed by atoms with Crippen molar-refractivity contribution in [2.24, 2.45) is 0 Å². The molecule has 1 aliphatic carbocycles. The van der Waals surface area contributed by atoms with Gasteiger partial charge in [0.05, 0.1) is 5.52 Å². The molecule has 1 aromatic carbocycles. The van der Waals surface area contributed by atoms with Gasteiger partial charge in [-0.05, 0) is 55.8 Å². The van der Waals surface area contributed by atoms with Crippen LogP contribution in [0.2, 0.25) is 0 Å². The fourth-order valence-corrected chi connectivity index (χ4v) is 2.91. The first-order valence-corrected chi connectivity index (χ1v) is 7.82. The summed E-state index contributed by atoms with van der Waals surface area (Å²) < 4.78 is 2.84. The van der Waals surface area contributed by atoms with Crippen LogP contribution >= 0.6 is 0 Å². The highest BCUT2D eigenvalue weighted by atomic mass is 16.2. The third-order valence-corrected chi connectivity index (χ3v) is 4.22. The number of carbonyl (C=O) groups is 1. The second-order valence-corrected chi connectivity index (χ2v) is 6.33. The Kier molecular flexibility index (Phi) is 3.01. The molecule has 118 valence electrons. The van der Waals surface area contributed by atoms with Crippen LogP contribution < -0.4 is 11.0 Å². The maximum Gasteiger partial charge on any atom is 0.351 e. The maximum absolute atomic E-state index is 12.7. The lowest BCUT2D eigenvalue weighted by molar-refractivity contribution is -0.122. The van der Waals surface area contributed by atoms with Crippen molar-refractivity contribution in [3.8, 4) is 0 Å². The van der Waals surface area contributed by atoms with Gasteiger partial charge in [-0.15, -0.1) is 5.10 Å². The maximum atomic E-state index is 12.7. The van der Waals surface area contributed by atoms with Crippen molar-refractivity contribution < 1.29 is 4.79 Å². The van der Waals surface area contributed by atoms with Crippen LogP contribution in [0.4, 0.5) is 0 Å². The Bertz CT molecular complexity index is 995. The highest BCUT2D eigenvalue weighted by molar-refractivity contribution is 5.84. The molecule has 1 saturated carbocycles. The summed E-state index contributed by atoms with van der Waals surface area (Å²) in [4.78, 5) is 24.7. The van der Waals surface area contributed by atoms with E-state index >= 15 is 0 Å². The minimum atomic E-state index is -0.275. The SMILES string of the molecule is Cc1ccc2c(c1)cc(C)c1nn(CC(=O)NC3CC3)c(=O)n12. The highest BCUT2D eigenvalue weighted by Gasteiger charge is 2.24. The molecule has 0 spiro atoms. The summed E-state index contributed by atoms with van der Waals surface area (Å²) >= 11 is 0. The number of nitrogens with one attached hydrogen (secondary N) is 1. The average molecular weight is 310 g/mol. The Morgan fingerprint density at radius 3 is 2.83 bits per heavy atom. The molecule has 1 N–H and O–H groups in total. The minimum Gasteiger partial charge on any atom is -0.352 e. The van der Waals surface area contributed by atoms with Crippen molar-refractivity contribution in [3.63, 3.8) is 0 Å². The summed E-state index contributed by atoms with van der Waals surface area (Å²) in [7, 11) is 0. The summed E-state index contributed by atoms with van der Waals surface area (Å²) in [6.45, 7) is 3.91. The van der Waals surface area contributed by atoms with Crippen molar-refractivity contribution in [3.05, 3.63) is 45.9 Å². The number of hydrogen-bond donors (Lipinski definition) is 1. The number of carbonyl (C=O) groups excluding carboxylic acids is 1. The number of aryl methyl sites for hydroxylation is 2. The smallest absolute Gasteiger partial charge is 0.351 e. The Morgan fingerprint density at radius 2 is 2.09 bits per heavy atom. The first-order chi connectivity index (χ1) is 11.0. The van der Waals surface area contributed by atoms with Gasteiger partial charge in [-0.25, -0.2) is 13.9 Å². The molecule has 4 rings (SSSR count). The Morgan fingerprint density at radius 1 is 1.30 bits per heavy atom. The van der Waals surface area contributed by atoms with Crippen LogP contribution in [0.1, 0.15) is 24.0 Å².